The molecule has 1 aliphatic heterocycles. The van der Waals surface area contributed by atoms with Crippen molar-refractivity contribution in [3.63, 3.8) is 0 Å². The van der Waals surface area contributed by atoms with Crippen LogP contribution >= 0.6 is 0 Å². The van der Waals surface area contributed by atoms with Crippen LogP contribution in [0.5, 0.6) is 0 Å². The highest BCUT2D eigenvalue weighted by molar-refractivity contribution is 6.22. The van der Waals surface area contributed by atoms with Gasteiger partial charge in [-0.3, -0.25) is 19.3 Å². The number of carbonyl (C=O) groups is 4. The summed E-state index contributed by atoms with van der Waals surface area (Å²) >= 11 is 0. The van der Waals surface area contributed by atoms with Gasteiger partial charge < -0.3 is 15.2 Å². The molecule has 2 aliphatic carbocycles. The van der Waals surface area contributed by atoms with Crippen LogP contribution in [0.1, 0.15) is 32.1 Å². The largest absolute Gasteiger partial charge is 0.550 e. The van der Waals surface area contributed by atoms with Crippen LogP contribution in [-0.2, 0) is 19.2 Å². The molecule has 0 radical (unpaired) electrons. The summed E-state index contributed by atoms with van der Waals surface area (Å²) in [6, 6.07) is 6.48. The SMILES string of the molecule is O=C([O-])CCC(=O)Nc1ccc(N2C(=O)[C@H]3[C@@H]4CC[C@@H](C4)[C@@H]3C2=O)cc1. The highest BCUT2D eigenvalue weighted by Crippen LogP contribution is 2.56. The lowest BCUT2D eigenvalue weighted by molar-refractivity contribution is -0.305. The normalized spacial score (nSPS) is 29.2. The maximum absolute atomic E-state index is 12.8. The molecule has 4 atom stereocenters. The van der Waals surface area contributed by atoms with E-state index in [1.165, 1.54) is 4.90 Å². The van der Waals surface area contributed by atoms with Crippen molar-refractivity contribution in [2.45, 2.75) is 32.1 Å². The molecule has 1 aromatic carbocycles. The van der Waals surface area contributed by atoms with E-state index in [0.29, 0.717) is 23.2 Å². The van der Waals surface area contributed by atoms with Crippen molar-refractivity contribution in [1.29, 1.82) is 0 Å². The van der Waals surface area contributed by atoms with E-state index < -0.39 is 11.9 Å². The number of carboxylic acids is 1. The van der Waals surface area contributed by atoms with Crippen molar-refractivity contribution in [2.24, 2.45) is 23.7 Å². The molecule has 2 bridgehead atoms. The van der Waals surface area contributed by atoms with Gasteiger partial charge in [0.1, 0.15) is 0 Å². The average Bonchev–Trinajstić information content (AvgIpc) is 3.28. The van der Waals surface area contributed by atoms with Crippen LogP contribution < -0.4 is 15.3 Å². The first-order chi connectivity index (χ1) is 12.5. The smallest absolute Gasteiger partial charge is 0.237 e. The monoisotopic (exact) mass is 355 g/mol. The number of imide groups is 1. The van der Waals surface area contributed by atoms with Gasteiger partial charge in [0, 0.05) is 18.1 Å². The molecule has 4 rings (SSSR count). The average molecular weight is 355 g/mol. The maximum Gasteiger partial charge on any atom is 0.237 e. The zero-order valence-corrected chi connectivity index (χ0v) is 14.1. The summed E-state index contributed by atoms with van der Waals surface area (Å²) in [5, 5.41) is 13.0. The minimum atomic E-state index is -1.28. The lowest BCUT2D eigenvalue weighted by atomic mass is 9.81. The molecular weight excluding hydrogens is 336 g/mol. The molecule has 2 saturated carbocycles. The zero-order valence-electron chi connectivity index (χ0n) is 14.1. The Kier molecular flexibility index (Phi) is 4.01. The van der Waals surface area contributed by atoms with Gasteiger partial charge in [0.05, 0.1) is 17.5 Å². The Bertz CT molecular complexity index is 760. The second kappa shape index (κ2) is 6.23. The number of fused-ring (bicyclic) bond motifs is 5. The van der Waals surface area contributed by atoms with Crippen LogP contribution in [0.25, 0.3) is 0 Å². The van der Waals surface area contributed by atoms with Crippen molar-refractivity contribution >= 4 is 35.1 Å². The lowest BCUT2D eigenvalue weighted by Gasteiger charge is -2.19. The van der Waals surface area contributed by atoms with Crippen LogP contribution in [0.15, 0.2) is 24.3 Å². The van der Waals surface area contributed by atoms with Gasteiger partial charge in [-0.15, -0.1) is 0 Å². The van der Waals surface area contributed by atoms with E-state index in [-0.39, 0.29) is 36.5 Å². The second-order valence-electron chi connectivity index (χ2n) is 7.36. The molecule has 7 heteroatoms. The highest BCUT2D eigenvalue weighted by atomic mass is 16.4. The zero-order chi connectivity index (χ0) is 18.4. The van der Waals surface area contributed by atoms with Crippen LogP contribution in [0, 0.1) is 23.7 Å². The van der Waals surface area contributed by atoms with Gasteiger partial charge in [0.15, 0.2) is 0 Å². The predicted molar refractivity (Wildman–Crippen MR) is 89.6 cm³/mol. The minimum absolute atomic E-state index is 0.0991. The molecule has 1 saturated heterocycles. The third-order valence-electron chi connectivity index (χ3n) is 5.89. The quantitative estimate of drug-likeness (QED) is 0.782. The molecule has 136 valence electrons. The van der Waals surface area contributed by atoms with Crippen molar-refractivity contribution in [1.82, 2.24) is 0 Å². The fourth-order valence-corrected chi connectivity index (χ4v) is 4.80. The van der Waals surface area contributed by atoms with Crippen LogP contribution in [-0.4, -0.2) is 23.7 Å². The summed E-state index contributed by atoms with van der Waals surface area (Å²) in [5.41, 5.74) is 0.998. The van der Waals surface area contributed by atoms with E-state index >= 15 is 0 Å². The van der Waals surface area contributed by atoms with Gasteiger partial charge >= 0.3 is 0 Å². The Morgan fingerprint density at radius 3 is 2.12 bits per heavy atom. The van der Waals surface area contributed by atoms with Gasteiger partial charge in [-0.1, -0.05) is 0 Å². The highest BCUT2D eigenvalue weighted by Gasteiger charge is 2.61. The van der Waals surface area contributed by atoms with Crippen LogP contribution in [0.3, 0.4) is 0 Å². The summed E-state index contributed by atoms with van der Waals surface area (Å²) in [5.74, 6) is -1.55. The van der Waals surface area contributed by atoms with Gasteiger partial charge in [0.25, 0.3) is 0 Å². The number of anilines is 2. The third kappa shape index (κ3) is 2.67. The van der Waals surface area contributed by atoms with Crippen LogP contribution in [0.4, 0.5) is 11.4 Å². The Morgan fingerprint density at radius 1 is 1.00 bits per heavy atom. The summed E-state index contributed by atoms with van der Waals surface area (Å²) in [6.07, 6.45) is 2.56. The van der Waals surface area contributed by atoms with E-state index in [2.05, 4.69) is 5.32 Å². The number of carboxylic acid groups (broad SMARTS) is 1. The molecule has 7 nitrogen and oxygen atoms in total. The van der Waals surface area contributed by atoms with Crippen molar-refractivity contribution in [3.8, 4) is 0 Å². The fraction of sp³-hybridized carbons (Fsp3) is 0.474. The third-order valence-corrected chi connectivity index (χ3v) is 5.89. The van der Waals surface area contributed by atoms with Crippen molar-refractivity contribution in [2.75, 3.05) is 10.2 Å². The molecule has 3 fully saturated rings. The number of nitrogens with one attached hydrogen (secondary N) is 1. The van der Waals surface area contributed by atoms with Gasteiger partial charge in [-0.2, -0.15) is 0 Å². The standard InChI is InChI=1S/C19H20N2O5/c22-14(7-8-15(23)24)20-12-3-5-13(6-4-12)21-18(25)16-10-1-2-11(9-10)17(16)19(21)26/h3-6,10-11,16-17H,1-2,7-9H2,(H,20,22)(H,23,24)/p-1/t10-,11+,16-,17-/m0/s1. The number of hydrogen-bond acceptors (Lipinski definition) is 5. The molecule has 1 aromatic rings. The summed E-state index contributed by atoms with van der Waals surface area (Å²) < 4.78 is 0. The maximum atomic E-state index is 12.8. The lowest BCUT2D eigenvalue weighted by Crippen LogP contribution is -2.32. The molecular formula is C19H19N2O5-. The molecule has 0 aromatic heterocycles. The van der Waals surface area contributed by atoms with E-state index in [1.54, 1.807) is 24.3 Å². The molecule has 3 amide bonds. The molecule has 26 heavy (non-hydrogen) atoms. The first kappa shape index (κ1) is 16.8. The predicted octanol–water partition coefficient (Wildman–Crippen LogP) is 0.691. The van der Waals surface area contributed by atoms with Gasteiger partial charge in [-0.05, 0) is 61.8 Å². The Morgan fingerprint density at radius 2 is 1.58 bits per heavy atom. The number of amides is 3. The first-order valence-corrected chi connectivity index (χ1v) is 8.93. The second-order valence-corrected chi connectivity index (χ2v) is 7.36. The Balaban J connectivity index is 1.46. The number of nitrogens with zero attached hydrogens (tertiary/aromatic N) is 1. The summed E-state index contributed by atoms with van der Waals surface area (Å²) in [6.45, 7) is 0. The topological polar surface area (TPSA) is 107 Å². The number of aliphatic carboxylic acids is 1. The summed E-state index contributed by atoms with van der Waals surface area (Å²) in [4.78, 5) is 48.9. The van der Waals surface area contributed by atoms with Crippen molar-refractivity contribution < 1.29 is 24.3 Å². The molecule has 3 aliphatic rings. The fourth-order valence-electron chi connectivity index (χ4n) is 4.80. The number of benzene rings is 1. The first-order valence-electron chi connectivity index (χ1n) is 8.93. The van der Waals surface area contributed by atoms with E-state index in [0.717, 1.165) is 19.3 Å². The number of rotatable bonds is 5. The van der Waals surface area contributed by atoms with Crippen molar-refractivity contribution in [3.05, 3.63) is 24.3 Å². The molecule has 1 heterocycles. The Hall–Kier alpha value is -2.70. The van der Waals surface area contributed by atoms with Gasteiger partial charge in [0.2, 0.25) is 17.7 Å². The van der Waals surface area contributed by atoms with Crippen LogP contribution in [0.2, 0.25) is 0 Å². The Labute approximate surface area is 150 Å². The van der Waals surface area contributed by atoms with E-state index in [9.17, 15) is 24.3 Å². The molecule has 1 N–H and O–H groups in total. The number of hydrogen-bond donors (Lipinski definition) is 1. The summed E-state index contributed by atoms with van der Waals surface area (Å²) in [7, 11) is 0. The molecule has 0 unspecified atom stereocenters. The number of carbonyl (C=O) groups excluding carboxylic acids is 4. The minimum Gasteiger partial charge on any atom is -0.550 e. The van der Waals surface area contributed by atoms with Gasteiger partial charge in [-0.25, -0.2) is 0 Å². The van der Waals surface area contributed by atoms with E-state index in [4.69, 9.17) is 0 Å². The van der Waals surface area contributed by atoms with E-state index in [1.807, 2.05) is 0 Å². The molecule has 0 spiro atoms.